The van der Waals surface area contributed by atoms with Crippen molar-refractivity contribution >= 4 is 18.0 Å². The number of fused-ring (bicyclic) bond motifs is 2. The first-order valence-corrected chi connectivity index (χ1v) is 11.3. The number of hydrogen-bond acceptors (Lipinski definition) is 6. The zero-order chi connectivity index (χ0) is 24.3. The second kappa shape index (κ2) is 9.77. The smallest absolute Gasteiger partial charge is 0.325 e. The van der Waals surface area contributed by atoms with E-state index in [1.165, 1.54) is 0 Å². The van der Waals surface area contributed by atoms with Gasteiger partial charge in [0.1, 0.15) is 24.0 Å². The molecule has 180 valence electrons. The van der Waals surface area contributed by atoms with Crippen LogP contribution in [0.2, 0.25) is 0 Å². The van der Waals surface area contributed by atoms with Gasteiger partial charge in [0.05, 0.1) is 20.8 Å². The number of urea groups is 1. The molecule has 2 atom stereocenters. The Morgan fingerprint density at radius 2 is 1.97 bits per heavy atom. The zero-order valence-electron chi connectivity index (χ0n) is 19.7. The quantitative estimate of drug-likeness (QED) is 0.580. The summed E-state index contributed by atoms with van der Waals surface area (Å²) in [6, 6.07) is 10.5. The van der Waals surface area contributed by atoms with Gasteiger partial charge in [-0.2, -0.15) is 0 Å². The highest BCUT2D eigenvalue weighted by Gasteiger charge is 2.54. The lowest BCUT2D eigenvalue weighted by atomic mass is 9.76. The van der Waals surface area contributed by atoms with Crippen molar-refractivity contribution < 1.29 is 28.9 Å². The topological polar surface area (TPSA) is 97.3 Å². The molecular formula is C26H30N2O6. The molecule has 0 bridgehead atoms. The van der Waals surface area contributed by atoms with Crippen molar-refractivity contribution in [2.45, 2.75) is 37.8 Å². The molecule has 0 radical (unpaired) electrons. The molecule has 1 heterocycles. The van der Waals surface area contributed by atoms with E-state index in [2.05, 4.69) is 5.32 Å². The molecule has 2 N–H and O–H groups in total. The van der Waals surface area contributed by atoms with Crippen LogP contribution in [0.25, 0.3) is 6.08 Å². The fourth-order valence-electron chi connectivity index (χ4n) is 4.69. The SMILES string of the molecule is C/C=C/c1ccc(OCC(O)CN2C(=O)NC3(CCCc4cc(OC)ccc43)C2=O)c(OC)c1. The van der Waals surface area contributed by atoms with Crippen molar-refractivity contribution in [3.8, 4) is 17.2 Å². The molecule has 1 saturated heterocycles. The number of benzene rings is 2. The number of allylic oxidation sites excluding steroid dienone is 1. The predicted octanol–water partition coefficient (Wildman–Crippen LogP) is 3.26. The third-order valence-corrected chi connectivity index (χ3v) is 6.32. The maximum Gasteiger partial charge on any atom is 0.325 e. The first kappa shape index (κ1) is 23.6. The van der Waals surface area contributed by atoms with E-state index < -0.39 is 17.7 Å². The summed E-state index contributed by atoms with van der Waals surface area (Å²) in [5, 5.41) is 13.5. The number of carbonyl (C=O) groups excluding carboxylic acids is 2. The molecular weight excluding hydrogens is 436 g/mol. The first-order valence-electron chi connectivity index (χ1n) is 11.3. The third kappa shape index (κ3) is 4.33. The van der Waals surface area contributed by atoms with Crippen LogP contribution in [0.15, 0.2) is 42.5 Å². The van der Waals surface area contributed by atoms with Crippen molar-refractivity contribution in [2.75, 3.05) is 27.4 Å². The Bertz CT molecular complexity index is 1110. The van der Waals surface area contributed by atoms with Crippen molar-refractivity contribution in [1.29, 1.82) is 0 Å². The molecule has 3 amide bonds. The molecule has 0 saturated carbocycles. The molecule has 0 aromatic heterocycles. The minimum Gasteiger partial charge on any atom is -0.497 e. The summed E-state index contributed by atoms with van der Waals surface area (Å²) in [6.45, 7) is 1.66. The van der Waals surface area contributed by atoms with Crippen LogP contribution in [-0.4, -0.2) is 55.4 Å². The van der Waals surface area contributed by atoms with Gasteiger partial charge in [-0.1, -0.05) is 24.3 Å². The number of hydrogen-bond donors (Lipinski definition) is 2. The number of ether oxygens (including phenoxy) is 3. The van der Waals surface area contributed by atoms with Gasteiger partial charge in [-0.15, -0.1) is 0 Å². The molecule has 2 aliphatic rings. The van der Waals surface area contributed by atoms with E-state index in [-0.39, 0.29) is 19.1 Å². The Morgan fingerprint density at radius 1 is 1.15 bits per heavy atom. The Labute approximate surface area is 199 Å². The number of methoxy groups -OCH3 is 2. The molecule has 1 spiro atoms. The van der Waals surface area contributed by atoms with Crippen LogP contribution >= 0.6 is 0 Å². The van der Waals surface area contributed by atoms with Gasteiger partial charge in [-0.05, 0) is 67.1 Å². The van der Waals surface area contributed by atoms with Crippen LogP contribution in [0.3, 0.4) is 0 Å². The van der Waals surface area contributed by atoms with Crippen molar-refractivity contribution in [2.24, 2.45) is 0 Å². The average Bonchev–Trinajstić information content (AvgIpc) is 3.07. The molecule has 2 unspecified atom stereocenters. The van der Waals surface area contributed by atoms with Crippen LogP contribution in [-0.2, 0) is 16.8 Å². The van der Waals surface area contributed by atoms with E-state index in [1.807, 2.05) is 43.3 Å². The number of imide groups is 1. The second-order valence-corrected chi connectivity index (χ2v) is 8.50. The molecule has 1 fully saturated rings. The lowest BCUT2D eigenvalue weighted by Crippen LogP contribution is -2.47. The largest absolute Gasteiger partial charge is 0.497 e. The van der Waals surface area contributed by atoms with Crippen molar-refractivity contribution in [3.05, 3.63) is 59.2 Å². The fourth-order valence-corrected chi connectivity index (χ4v) is 4.69. The van der Waals surface area contributed by atoms with Gasteiger partial charge in [0.2, 0.25) is 0 Å². The molecule has 2 aromatic rings. The second-order valence-electron chi connectivity index (χ2n) is 8.50. The van der Waals surface area contributed by atoms with Gasteiger partial charge >= 0.3 is 6.03 Å². The predicted molar refractivity (Wildman–Crippen MR) is 127 cm³/mol. The number of nitrogens with one attached hydrogen (secondary N) is 1. The number of aryl methyl sites for hydroxylation is 1. The summed E-state index contributed by atoms with van der Waals surface area (Å²) in [7, 11) is 3.14. The average molecular weight is 467 g/mol. The van der Waals surface area contributed by atoms with Gasteiger partial charge in [0, 0.05) is 0 Å². The Hall–Kier alpha value is -3.52. The van der Waals surface area contributed by atoms with E-state index in [0.29, 0.717) is 23.7 Å². The summed E-state index contributed by atoms with van der Waals surface area (Å²) < 4.78 is 16.4. The molecule has 34 heavy (non-hydrogen) atoms. The van der Waals surface area contributed by atoms with Gasteiger partial charge in [0.25, 0.3) is 5.91 Å². The highest BCUT2D eigenvalue weighted by molar-refractivity contribution is 6.07. The molecule has 4 rings (SSSR count). The van der Waals surface area contributed by atoms with E-state index in [1.54, 1.807) is 26.4 Å². The van der Waals surface area contributed by atoms with Crippen molar-refractivity contribution in [1.82, 2.24) is 10.2 Å². The molecule has 1 aliphatic carbocycles. The summed E-state index contributed by atoms with van der Waals surface area (Å²) in [4.78, 5) is 27.3. The van der Waals surface area contributed by atoms with E-state index in [9.17, 15) is 14.7 Å². The van der Waals surface area contributed by atoms with E-state index in [0.717, 1.165) is 34.4 Å². The fraction of sp³-hybridized carbons (Fsp3) is 0.385. The van der Waals surface area contributed by atoms with Gasteiger partial charge in [-0.25, -0.2) is 4.79 Å². The zero-order valence-corrected chi connectivity index (χ0v) is 19.7. The molecule has 8 nitrogen and oxygen atoms in total. The van der Waals surface area contributed by atoms with Gasteiger partial charge < -0.3 is 24.6 Å². The highest BCUT2D eigenvalue weighted by Crippen LogP contribution is 2.41. The molecule has 2 aromatic carbocycles. The number of aliphatic hydroxyl groups is 1. The Balaban J connectivity index is 1.46. The molecule has 8 heteroatoms. The number of carbonyl (C=O) groups is 2. The maximum atomic E-state index is 13.5. The minimum atomic E-state index is -1.11. The maximum absolute atomic E-state index is 13.5. The molecule has 1 aliphatic heterocycles. The van der Waals surface area contributed by atoms with Crippen LogP contribution in [0.1, 0.15) is 36.5 Å². The van der Waals surface area contributed by atoms with Crippen molar-refractivity contribution in [3.63, 3.8) is 0 Å². The monoisotopic (exact) mass is 466 g/mol. The number of amides is 3. The van der Waals surface area contributed by atoms with E-state index >= 15 is 0 Å². The summed E-state index contributed by atoms with van der Waals surface area (Å²) in [6.07, 6.45) is 4.87. The first-order chi connectivity index (χ1) is 16.4. The summed E-state index contributed by atoms with van der Waals surface area (Å²) >= 11 is 0. The summed E-state index contributed by atoms with van der Waals surface area (Å²) in [5.74, 6) is 1.37. The van der Waals surface area contributed by atoms with Crippen LogP contribution < -0.4 is 19.5 Å². The number of β-amino-alcohol motifs (C(OH)–C–C–N with tert-alkyl or cyclic N) is 1. The number of rotatable bonds is 8. The van der Waals surface area contributed by atoms with Crippen LogP contribution in [0.4, 0.5) is 4.79 Å². The van der Waals surface area contributed by atoms with Crippen LogP contribution in [0, 0.1) is 0 Å². The lowest BCUT2D eigenvalue weighted by Gasteiger charge is -2.33. The minimum absolute atomic E-state index is 0.100. The lowest BCUT2D eigenvalue weighted by molar-refractivity contribution is -0.133. The van der Waals surface area contributed by atoms with Gasteiger partial charge in [-0.3, -0.25) is 9.69 Å². The summed E-state index contributed by atoms with van der Waals surface area (Å²) in [5.41, 5.74) is 1.63. The highest BCUT2D eigenvalue weighted by atomic mass is 16.5. The van der Waals surface area contributed by atoms with Gasteiger partial charge in [0.15, 0.2) is 11.5 Å². The van der Waals surface area contributed by atoms with Crippen LogP contribution in [0.5, 0.6) is 17.2 Å². The third-order valence-electron chi connectivity index (χ3n) is 6.32. The number of aliphatic hydroxyl groups excluding tert-OH is 1. The standard InChI is InChI=1S/C26H30N2O6/c1-4-6-17-8-11-22(23(13-17)33-3)34-16-19(29)15-28-24(30)26(27-25(28)31)12-5-7-18-14-20(32-2)9-10-21(18)26/h4,6,8-11,13-14,19,29H,5,7,12,15-16H2,1-3H3,(H,27,31)/b6-4+. The normalized spacial score (nSPS) is 20.4. The number of nitrogens with zero attached hydrogens (tertiary/aromatic N) is 1. The van der Waals surface area contributed by atoms with E-state index in [4.69, 9.17) is 14.2 Å². The Morgan fingerprint density at radius 3 is 2.71 bits per heavy atom. The Kier molecular flexibility index (Phi) is 6.79.